The molecule has 1 rings (SSSR count). The molecule has 6 nitrogen and oxygen atoms in total. The van der Waals surface area contributed by atoms with Crippen molar-refractivity contribution in [1.29, 1.82) is 0 Å². The molecule has 0 aromatic carbocycles. The van der Waals surface area contributed by atoms with Gasteiger partial charge in [-0.05, 0) is 26.2 Å². The van der Waals surface area contributed by atoms with Crippen LogP contribution in [-0.4, -0.2) is 55.4 Å². The highest BCUT2D eigenvalue weighted by Gasteiger charge is 2.27. The van der Waals surface area contributed by atoms with Gasteiger partial charge in [0, 0.05) is 26.1 Å². The molecule has 1 aliphatic heterocycles. The average molecular weight is 279 g/mol. The van der Waals surface area contributed by atoms with Crippen LogP contribution >= 0.6 is 0 Å². The molecule has 0 spiro atoms. The summed E-state index contributed by atoms with van der Waals surface area (Å²) in [5.74, 6) is -1.04. The van der Waals surface area contributed by atoms with Crippen LogP contribution < -0.4 is 0 Å². The number of rotatable bonds is 7. The lowest BCUT2D eigenvalue weighted by Gasteiger charge is -2.30. The Labute approximate surface area is 108 Å². The summed E-state index contributed by atoms with van der Waals surface area (Å²) in [4.78, 5) is 10.4. The van der Waals surface area contributed by atoms with E-state index in [9.17, 15) is 13.2 Å². The summed E-state index contributed by atoms with van der Waals surface area (Å²) in [6.45, 7) is 3.52. The Morgan fingerprint density at radius 2 is 2.00 bits per heavy atom. The molecule has 0 radical (unpaired) electrons. The van der Waals surface area contributed by atoms with Crippen LogP contribution in [0.4, 0.5) is 0 Å². The van der Waals surface area contributed by atoms with E-state index >= 15 is 0 Å². The van der Waals surface area contributed by atoms with E-state index < -0.39 is 16.0 Å². The molecule has 0 aliphatic carbocycles. The maximum absolute atomic E-state index is 11.9. The number of aliphatic carboxylic acids is 1. The van der Waals surface area contributed by atoms with Crippen LogP contribution in [0, 0.1) is 0 Å². The van der Waals surface area contributed by atoms with E-state index in [1.165, 1.54) is 4.31 Å². The van der Waals surface area contributed by atoms with Crippen molar-refractivity contribution in [3.05, 3.63) is 0 Å². The predicted octanol–water partition coefficient (Wildman–Crippen LogP) is 0.682. The third kappa shape index (κ3) is 4.91. The van der Waals surface area contributed by atoms with E-state index in [0.29, 0.717) is 32.5 Å². The molecule has 0 saturated carbocycles. The summed E-state index contributed by atoms with van der Waals surface area (Å²) in [6.07, 6.45) is 1.65. The van der Waals surface area contributed by atoms with Crippen molar-refractivity contribution in [1.82, 2.24) is 4.31 Å². The van der Waals surface area contributed by atoms with Gasteiger partial charge < -0.3 is 9.84 Å². The Kier molecular flexibility index (Phi) is 6.04. The van der Waals surface area contributed by atoms with Gasteiger partial charge in [-0.25, -0.2) is 12.7 Å². The quantitative estimate of drug-likeness (QED) is 0.741. The van der Waals surface area contributed by atoms with Crippen molar-refractivity contribution in [2.75, 3.05) is 25.4 Å². The Bertz CT molecular complexity index is 360. The molecular formula is C11H21NO5S. The number of ether oxygens (including phenoxy) is 1. The fraction of sp³-hybridized carbons (Fsp3) is 0.909. The summed E-state index contributed by atoms with van der Waals surface area (Å²) in [5.41, 5.74) is 0. The van der Waals surface area contributed by atoms with Gasteiger partial charge in [0.1, 0.15) is 0 Å². The van der Waals surface area contributed by atoms with Crippen LogP contribution in [0.5, 0.6) is 0 Å². The Morgan fingerprint density at radius 1 is 1.39 bits per heavy atom. The summed E-state index contributed by atoms with van der Waals surface area (Å²) >= 11 is 0. The van der Waals surface area contributed by atoms with E-state index in [1.54, 1.807) is 0 Å². The Hall–Kier alpha value is -0.660. The van der Waals surface area contributed by atoms with Crippen LogP contribution in [0.1, 0.15) is 32.6 Å². The largest absolute Gasteiger partial charge is 0.481 e. The summed E-state index contributed by atoms with van der Waals surface area (Å²) in [5, 5.41) is 8.49. The molecule has 0 unspecified atom stereocenters. The van der Waals surface area contributed by atoms with Crippen molar-refractivity contribution in [3.8, 4) is 0 Å². The summed E-state index contributed by atoms with van der Waals surface area (Å²) in [6, 6.07) is 0. The average Bonchev–Trinajstić information content (AvgIpc) is 2.29. The molecule has 106 valence electrons. The first-order chi connectivity index (χ1) is 8.45. The highest BCUT2D eigenvalue weighted by molar-refractivity contribution is 7.89. The van der Waals surface area contributed by atoms with Gasteiger partial charge in [-0.2, -0.15) is 0 Å². The van der Waals surface area contributed by atoms with Crippen LogP contribution in [-0.2, 0) is 19.6 Å². The van der Waals surface area contributed by atoms with E-state index in [0.717, 1.165) is 0 Å². The number of nitrogens with zero attached hydrogens (tertiary/aromatic N) is 1. The molecule has 18 heavy (non-hydrogen) atoms. The van der Waals surface area contributed by atoms with E-state index in [-0.39, 0.29) is 24.7 Å². The standard InChI is InChI=1S/C11H21NO5S/c1-2-17-10-5-7-12(8-6-10)18(15,16)9-3-4-11(13)14/h10H,2-9H2,1H3,(H,13,14). The lowest BCUT2D eigenvalue weighted by Crippen LogP contribution is -2.41. The highest BCUT2D eigenvalue weighted by atomic mass is 32.2. The minimum Gasteiger partial charge on any atom is -0.481 e. The van der Waals surface area contributed by atoms with E-state index in [4.69, 9.17) is 9.84 Å². The SMILES string of the molecule is CCOC1CCN(S(=O)(=O)CCCC(=O)O)CC1. The van der Waals surface area contributed by atoms with Crippen molar-refractivity contribution in [2.24, 2.45) is 0 Å². The van der Waals surface area contributed by atoms with Crippen molar-refractivity contribution < 1.29 is 23.1 Å². The maximum atomic E-state index is 11.9. The first-order valence-corrected chi connectivity index (χ1v) is 7.88. The number of sulfonamides is 1. The molecule has 0 atom stereocenters. The Balaban J connectivity index is 2.38. The van der Waals surface area contributed by atoms with Gasteiger partial charge in [-0.15, -0.1) is 0 Å². The fourth-order valence-corrected chi connectivity index (χ4v) is 3.58. The molecule has 1 N–H and O–H groups in total. The Morgan fingerprint density at radius 3 is 2.50 bits per heavy atom. The van der Waals surface area contributed by atoms with Crippen LogP contribution in [0.3, 0.4) is 0 Å². The first-order valence-electron chi connectivity index (χ1n) is 6.27. The number of hydrogen-bond acceptors (Lipinski definition) is 4. The zero-order chi connectivity index (χ0) is 13.6. The smallest absolute Gasteiger partial charge is 0.303 e. The zero-order valence-electron chi connectivity index (χ0n) is 10.7. The van der Waals surface area contributed by atoms with Gasteiger partial charge in [0.15, 0.2) is 0 Å². The van der Waals surface area contributed by atoms with Crippen molar-refractivity contribution in [2.45, 2.75) is 38.7 Å². The van der Waals surface area contributed by atoms with Gasteiger partial charge in [0.2, 0.25) is 10.0 Å². The lowest BCUT2D eigenvalue weighted by molar-refractivity contribution is -0.137. The molecule has 0 aromatic rings. The normalized spacial score (nSPS) is 18.9. The highest BCUT2D eigenvalue weighted by Crippen LogP contribution is 2.17. The number of carboxylic acid groups (broad SMARTS) is 1. The second kappa shape index (κ2) is 7.06. The van der Waals surface area contributed by atoms with Crippen LogP contribution in [0.25, 0.3) is 0 Å². The van der Waals surface area contributed by atoms with Crippen molar-refractivity contribution in [3.63, 3.8) is 0 Å². The summed E-state index contributed by atoms with van der Waals surface area (Å²) < 4.78 is 30.8. The van der Waals surface area contributed by atoms with Gasteiger partial charge in [0.25, 0.3) is 0 Å². The minimum atomic E-state index is -3.30. The van der Waals surface area contributed by atoms with E-state index in [1.807, 2.05) is 6.92 Å². The predicted molar refractivity (Wildman–Crippen MR) is 66.9 cm³/mol. The number of piperidine rings is 1. The molecule has 1 saturated heterocycles. The molecule has 1 fully saturated rings. The molecule has 0 aromatic heterocycles. The second-order valence-corrected chi connectivity index (χ2v) is 6.46. The molecule has 0 bridgehead atoms. The number of hydrogen-bond donors (Lipinski definition) is 1. The summed E-state index contributed by atoms with van der Waals surface area (Å²) in [7, 11) is -3.30. The fourth-order valence-electron chi connectivity index (χ4n) is 2.05. The maximum Gasteiger partial charge on any atom is 0.303 e. The van der Waals surface area contributed by atoms with Crippen molar-refractivity contribution >= 4 is 16.0 Å². The number of carboxylic acids is 1. The lowest BCUT2D eigenvalue weighted by atomic mass is 10.1. The molecule has 0 amide bonds. The molecular weight excluding hydrogens is 258 g/mol. The van der Waals surface area contributed by atoms with Gasteiger partial charge in [-0.1, -0.05) is 0 Å². The third-order valence-electron chi connectivity index (χ3n) is 2.99. The number of carbonyl (C=O) groups is 1. The van der Waals surface area contributed by atoms with Crippen LogP contribution in [0.2, 0.25) is 0 Å². The van der Waals surface area contributed by atoms with Gasteiger partial charge in [0.05, 0.1) is 11.9 Å². The molecule has 1 heterocycles. The second-order valence-electron chi connectivity index (χ2n) is 4.37. The molecule has 7 heteroatoms. The topological polar surface area (TPSA) is 83.9 Å². The minimum absolute atomic E-state index is 0.0847. The van der Waals surface area contributed by atoms with Gasteiger partial charge >= 0.3 is 5.97 Å². The van der Waals surface area contributed by atoms with Gasteiger partial charge in [-0.3, -0.25) is 4.79 Å². The third-order valence-corrected chi connectivity index (χ3v) is 4.95. The zero-order valence-corrected chi connectivity index (χ0v) is 11.5. The first kappa shape index (κ1) is 15.4. The van der Waals surface area contributed by atoms with Crippen LogP contribution in [0.15, 0.2) is 0 Å². The monoisotopic (exact) mass is 279 g/mol. The molecule has 1 aliphatic rings. The van der Waals surface area contributed by atoms with E-state index in [2.05, 4.69) is 0 Å².